The molecule has 33 heavy (non-hydrogen) atoms. The predicted molar refractivity (Wildman–Crippen MR) is 123 cm³/mol. The Morgan fingerprint density at radius 2 is 1.88 bits per heavy atom. The standard InChI is InChI=1S/C22H26FN5O4S/c1-13(2)9-10-33(30,31)27-21-24-19(16-11-15(4)20(29)28(5)12-16)25-22(26-21)32-18-14(3)7-6-8-17(18)23/h6-8,11-13H,9-10H2,1-5H3,(H,24,25,26,27). The lowest BCUT2D eigenvalue weighted by Gasteiger charge is -2.13. The van der Waals surface area contributed by atoms with E-state index >= 15 is 0 Å². The number of nitrogens with one attached hydrogen (secondary N) is 1. The molecule has 0 atom stereocenters. The number of aryl methyl sites for hydroxylation is 3. The summed E-state index contributed by atoms with van der Waals surface area (Å²) in [7, 11) is -2.17. The summed E-state index contributed by atoms with van der Waals surface area (Å²) in [6.45, 7) is 7.14. The van der Waals surface area contributed by atoms with Crippen LogP contribution in [-0.2, 0) is 17.1 Å². The lowest BCUT2D eigenvalue weighted by Crippen LogP contribution is -2.21. The molecule has 0 amide bonds. The molecule has 1 aromatic carbocycles. The van der Waals surface area contributed by atoms with E-state index in [1.54, 1.807) is 33.0 Å². The number of rotatable bonds is 8. The zero-order valence-electron chi connectivity index (χ0n) is 19.1. The second-order valence-electron chi connectivity index (χ2n) is 8.18. The molecule has 0 saturated carbocycles. The topological polar surface area (TPSA) is 116 Å². The van der Waals surface area contributed by atoms with E-state index in [-0.39, 0.29) is 40.8 Å². The Morgan fingerprint density at radius 1 is 1.15 bits per heavy atom. The van der Waals surface area contributed by atoms with E-state index in [2.05, 4.69) is 19.7 Å². The maximum atomic E-state index is 14.3. The smallest absolute Gasteiger partial charge is 0.327 e. The summed E-state index contributed by atoms with van der Waals surface area (Å²) in [6, 6.07) is 5.72. The van der Waals surface area contributed by atoms with Crippen LogP contribution in [0.15, 0.2) is 35.3 Å². The molecule has 0 radical (unpaired) electrons. The van der Waals surface area contributed by atoms with Crippen LogP contribution in [0.1, 0.15) is 31.4 Å². The molecular formula is C22H26FN5O4S. The third-order valence-electron chi connectivity index (χ3n) is 4.80. The molecule has 0 aliphatic rings. The van der Waals surface area contributed by atoms with Gasteiger partial charge in [0.1, 0.15) is 0 Å². The molecular weight excluding hydrogens is 449 g/mol. The summed E-state index contributed by atoms with van der Waals surface area (Å²) in [5.74, 6) is -0.831. The fraction of sp³-hybridized carbons (Fsp3) is 0.364. The van der Waals surface area contributed by atoms with Crippen LogP contribution in [-0.4, -0.2) is 33.7 Å². The lowest BCUT2D eigenvalue weighted by molar-refractivity contribution is 0.407. The van der Waals surface area contributed by atoms with Crippen molar-refractivity contribution in [1.29, 1.82) is 0 Å². The molecule has 0 saturated heterocycles. The molecule has 2 aromatic heterocycles. The molecule has 11 heteroatoms. The number of hydrogen-bond acceptors (Lipinski definition) is 7. The first kappa shape index (κ1) is 24.3. The van der Waals surface area contributed by atoms with Crippen molar-refractivity contribution in [2.45, 2.75) is 34.1 Å². The normalized spacial score (nSPS) is 11.6. The van der Waals surface area contributed by atoms with Gasteiger partial charge in [0.2, 0.25) is 16.0 Å². The summed E-state index contributed by atoms with van der Waals surface area (Å²) in [4.78, 5) is 24.6. The highest BCUT2D eigenvalue weighted by atomic mass is 32.2. The number of ether oxygens (including phenoxy) is 1. The minimum atomic E-state index is -3.75. The number of sulfonamides is 1. The molecule has 2 heterocycles. The van der Waals surface area contributed by atoms with Crippen LogP contribution >= 0.6 is 0 Å². The number of para-hydroxylation sites is 1. The average molecular weight is 476 g/mol. The Morgan fingerprint density at radius 3 is 2.52 bits per heavy atom. The second kappa shape index (κ2) is 9.65. The van der Waals surface area contributed by atoms with Crippen LogP contribution < -0.4 is 15.0 Å². The molecule has 1 N–H and O–H groups in total. The molecule has 3 rings (SSSR count). The van der Waals surface area contributed by atoms with E-state index in [4.69, 9.17) is 4.74 Å². The molecule has 176 valence electrons. The molecule has 0 unspecified atom stereocenters. The van der Waals surface area contributed by atoms with Crippen molar-refractivity contribution in [1.82, 2.24) is 19.5 Å². The molecule has 9 nitrogen and oxygen atoms in total. The summed E-state index contributed by atoms with van der Waals surface area (Å²) in [5, 5.41) is 0. The van der Waals surface area contributed by atoms with Gasteiger partial charge in [-0.1, -0.05) is 26.0 Å². The zero-order chi connectivity index (χ0) is 24.3. The zero-order valence-corrected chi connectivity index (χ0v) is 19.9. The van der Waals surface area contributed by atoms with E-state index in [1.165, 1.54) is 22.9 Å². The number of nitrogens with zero attached hydrogens (tertiary/aromatic N) is 4. The third-order valence-corrected chi connectivity index (χ3v) is 6.07. The number of benzene rings is 1. The quantitative estimate of drug-likeness (QED) is 0.529. The van der Waals surface area contributed by atoms with Crippen LogP contribution in [0, 0.1) is 25.6 Å². The molecule has 0 spiro atoms. The third kappa shape index (κ3) is 6.13. The highest BCUT2D eigenvalue weighted by molar-refractivity contribution is 7.92. The maximum absolute atomic E-state index is 14.3. The van der Waals surface area contributed by atoms with Crippen molar-refractivity contribution < 1.29 is 17.5 Å². The molecule has 0 bridgehead atoms. The van der Waals surface area contributed by atoms with Gasteiger partial charge in [0, 0.05) is 24.4 Å². The average Bonchev–Trinajstić information content (AvgIpc) is 2.72. The molecule has 0 aliphatic carbocycles. The fourth-order valence-corrected chi connectivity index (χ4v) is 4.25. The van der Waals surface area contributed by atoms with Crippen LogP contribution in [0.3, 0.4) is 0 Å². The Bertz CT molecular complexity index is 1290. The Kier molecular flexibility index (Phi) is 7.11. The van der Waals surface area contributed by atoms with Crippen LogP contribution in [0.5, 0.6) is 11.8 Å². The minimum Gasteiger partial charge on any atom is -0.421 e. The van der Waals surface area contributed by atoms with Crippen molar-refractivity contribution in [3.05, 3.63) is 57.8 Å². The number of halogens is 1. The predicted octanol–water partition coefficient (Wildman–Crippen LogP) is 3.57. The number of anilines is 1. The minimum absolute atomic E-state index is 0.0641. The van der Waals surface area contributed by atoms with Gasteiger partial charge in [0.25, 0.3) is 5.56 Å². The first-order valence-electron chi connectivity index (χ1n) is 10.3. The number of pyridine rings is 1. The van der Waals surface area contributed by atoms with Gasteiger partial charge in [-0.25, -0.2) is 12.8 Å². The van der Waals surface area contributed by atoms with Gasteiger partial charge in [0.05, 0.1) is 5.75 Å². The number of aromatic nitrogens is 4. The van der Waals surface area contributed by atoms with Gasteiger partial charge in [-0.05, 0) is 43.9 Å². The summed E-state index contributed by atoms with van der Waals surface area (Å²) in [6.07, 6.45) is 1.96. The summed E-state index contributed by atoms with van der Waals surface area (Å²) in [5.41, 5.74) is 1.20. The Labute approximate surface area is 191 Å². The SMILES string of the molecule is Cc1cccc(F)c1Oc1nc(NS(=O)(=O)CCC(C)C)nc(-c2cc(C)c(=O)n(C)c2)n1. The van der Waals surface area contributed by atoms with Gasteiger partial charge < -0.3 is 9.30 Å². The molecule has 0 fully saturated rings. The molecule has 3 aromatic rings. The van der Waals surface area contributed by atoms with Crippen molar-refractivity contribution >= 4 is 16.0 Å². The van der Waals surface area contributed by atoms with E-state index in [1.807, 2.05) is 13.8 Å². The Hall–Kier alpha value is -3.34. The van der Waals surface area contributed by atoms with Crippen LogP contribution in [0.4, 0.5) is 10.3 Å². The van der Waals surface area contributed by atoms with Crippen molar-refractivity contribution in [3.63, 3.8) is 0 Å². The van der Waals surface area contributed by atoms with E-state index < -0.39 is 15.8 Å². The van der Waals surface area contributed by atoms with Crippen molar-refractivity contribution in [3.8, 4) is 23.1 Å². The van der Waals surface area contributed by atoms with Crippen molar-refractivity contribution in [2.24, 2.45) is 13.0 Å². The van der Waals surface area contributed by atoms with Crippen molar-refractivity contribution in [2.75, 3.05) is 10.5 Å². The van der Waals surface area contributed by atoms with E-state index in [9.17, 15) is 17.6 Å². The molecule has 0 aliphatic heterocycles. The Balaban J connectivity index is 2.08. The monoisotopic (exact) mass is 475 g/mol. The second-order valence-corrected chi connectivity index (χ2v) is 10.0. The van der Waals surface area contributed by atoms with Gasteiger partial charge in [0.15, 0.2) is 17.4 Å². The van der Waals surface area contributed by atoms with E-state index in [0.29, 0.717) is 23.1 Å². The fourth-order valence-electron chi connectivity index (χ4n) is 3.00. The highest BCUT2D eigenvalue weighted by Crippen LogP contribution is 2.28. The van der Waals surface area contributed by atoms with Crippen LogP contribution in [0.2, 0.25) is 0 Å². The summed E-state index contributed by atoms with van der Waals surface area (Å²) < 4.78 is 48.7. The van der Waals surface area contributed by atoms with Gasteiger partial charge in [-0.3, -0.25) is 9.52 Å². The van der Waals surface area contributed by atoms with Gasteiger partial charge in [-0.2, -0.15) is 15.0 Å². The largest absolute Gasteiger partial charge is 0.421 e. The van der Waals surface area contributed by atoms with Gasteiger partial charge in [-0.15, -0.1) is 0 Å². The summed E-state index contributed by atoms with van der Waals surface area (Å²) >= 11 is 0. The van der Waals surface area contributed by atoms with Crippen LogP contribution in [0.25, 0.3) is 11.4 Å². The van der Waals surface area contributed by atoms with Gasteiger partial charge >= 0.3 is 6.01 Å². The van der Waals surface area contributed by atoms with E-state index in [0.717, 1.165) is 0 Å². The first-order chi connectivity index (χ1) is 15.4. The lowest BCUT2D eigenvalue weighted by atomic mass is 10.2. The number of hydrogen-bond donors (Lipinski definition) is 1. The maximum Gasteiger partial charge on any atom is 0.327 e. The highest BCUT2D eigenvalue weighted by Gasteiger charge is 2.19. The first-order valence-corrected chi connectivity index (χ1v) is 12.0.